The molecule has 2 fully saturated rings. The summed E-state index contributed by atoms with van der Waals surface area (Å²) in [5, 5.41) is 0. The Morgan fingerprint density at radius 3 is 2.69 bits per heavy atom. The number of amides is 1. The van der Waals surface area contributed by atoms with Crippen LogP contribution in [0.15, 0.2) is 36.5 Å². The monoisotopic (exact) mass is 389 g/mol. The van der Waals surface area contributed by atoms with E-state index in [0.29, 0.717) is 5.91 Å². The summed E-state index contributed by atoms with van der Waals surface area (Å²) in [6, 6.07) is 10.2. The molecule has 1 atom stereocenters. The lowest BCUT2D eigenvalue weighted by molar-refractivity contribution is -0.139. The third-order valence-electron chi connectivity index (χ3n) is 7.53. The number of nitrogens with zero attached hydrogens (tertiary/aromatic N) is 3. The van der Waals surface area contributed by atoms with E-state index in [1.807, 2.05) is 24.4 Å². The largest absolute Gasteiger partial charge is 0.342 e. The first-order valence-electron chi connectivity index (χ1n) is 11.4. The number of piperidine rings is 1. The molecule has 1 amide bonds. The van der Waals surface area contributed by atoms with Crippen molar-refractivity contribution in [2.45, 2.75) is 63.7 Å². The standard InChI is InChI=1S/C25H31N3O/c1-18-8-10-20(11-9-18)24(29)28-15-5-13-25(17-28)14-12-21-16-26-23(27-22(21)25)19-6-3-2-4-7-19/h2-4,6-7,16,18,20H,5,8-15,17H2,1H3. The zero-order valence-corrected chi connectivity index (χ0v) is 17.4. The average molecular weight is 390 g/mol. The first kappa shape index (κ1) is 18.8. The Balaban J connectivity index is 1.40. The summed E-state index contributed by atoms with van der Waals surface area (Å²) in [4.78, 5) is 25.2. The lowest BCUT2D eigenvalue weighted by Crippen LogP contribution is -2.50. The molecule has 29 heavy (non-hydrogen) atoms. The van der Waals surface area contributed by atoms with Crippen molar-refractivity contribution in [3.63, 3.8) is 0 Å². The maximum absolute atomic E-state index is 13.3. The van der Waals surface area contributed by atoms with E-state index in [1.165, 1.54) is 24.1 Å². The first-order valence-corrected chi connectivity index (χ1v) is 11.4. The van der Waals surface area contributed by atoms with E-state index in [0.717, 1.165) is 68.9 Å². The third kappa shape index (κ3) is 3.47. The molecule has 2 heterocycles. The summed E-state index contributed by atoms with van der Waals surface area (Å²) in [6.07, 6.45) is 10.9. The molecule has 4 nitrogen and oxygen atoms in total. The minimum atomic E-state index is 0.0255. The van der Waals surface area contributed by atoms with Gasteiger partial charge in [-0.1, -0.05) is 37.3 Å². The predicted octanol–water partition coefficient (Wildman–Crippen LogP) is 4.78. The highest BCUT2D eigenvalue weighted by atomic mass is 16.2. The molecule has 2 aromatic rings. The summed E-state index contributed by atoms with van der Waals surface area (Å²) in [6.45, 7) is 4.07. The summed E-state index contributed by atoms with van der Waals surface area (Å²) >= 11 is 0. The topological polar surface area (TPSA) is 46.1 Å². The predicted molar refractivity (Wildman–Crippen MR) is 114 cm³/mol. The molecule has 1 aromatic heterocycles. The van der Waals surface area contributed by atoms with Crippen molar-refractivity contribution in [2.75, 3.05) is 13.1 Å². The molecule has 152 valence electrons. The normalized spacial score (nSPS) is 29.1. The average Bonchev–Trinajstić information content (AvgIpc) is 3.11. The number of carbonyl (C=O) groups is 1. The van der Waals surface area contributed by atoms with E-state index in [2.05, 4.69) is 28.9 Å². The van der Waals surface area contributed by atoms with Crippen LogP contribution in [0.4, 0.5) is 0 Å². The highest BCUT2D eigenvalue weighted by Gasteiger charge is 2.45. The molecule has 1 aliphatic heterocycles. The third-order valence-corrected chi connectivity index (χ3v) is 7.53. The van der Waals surface area contributed by atoms with Gasteiger partial charge in [0.15, 0.2) is 5.82 Å². The van der Waals surface area contributed by atoms with Crippen molar-refractivity contribution in [1.29, 1.82) is 0 Å². The SMILES string of the molecule is CC1CCC(C(=O)N2CCCC3(CCc4cnc(-c5ccccc5)nc43)C2)CC1. The number of aryl methyl sites for hydroxylation is 1. The first-order chi connectivity index (χ1) is 14.1. The number of fused-ring (bicyclic) bond motifs is 2. The van der Waals surface area contributed by atoms with Crippen LogP contribution in [0.1, 0.15) is 63.1 Å². The van der Waals surface area contributed by atoms with Crippen molar-refractivity contribution >= 4 is 5.91 Å². The number of hydrogen-bond donors (Lipinski definition) is 0. The van der Waals surface area contributed by atoms with Gasteiger partial charge in [0, 0.05) is 36.2 Å². The van der Waals surface area contributed by atoms with E-state index in [4.69, 9.17) is 4.98 Å². The fourth-order valence-corrected chi connectivity index (χ4v) is 5.75. The molecule has 1 spiro atoms. The van der Waals surface area contributed by atoms with Crippen molar-refractivity contribution in [2.24, 2.45) is 11.8 Å². The van der Waals surface area contributed by atoms with Gasteiger partial charge >= 0.3 is 0 Å². The lowest BCUT2D eigenvalue weighted by atomic mass is 9.76. The zero-order chi connectivity index (χ0) is 19.8. The van der Waals surface area contributed by atoms with Crippen LogP contribution < -0.4 is 0 Å². The number of aromatic nitrogens is 2. The van der Waals surface area contributed by atoms with Gasteiger partial charge in [-0.25, -0.2) is 9.97 Å². The molecule has 1 unspecified atom stereocenters. The number of benzene rings is 1. The van der Waals surface area contributed by atoms with Crippen LogP contribution in [-0.4, -0.2) is 33.9 Å². The van der Waals surface area contributed by atoms with Gasteiger partial charge in [-0.15, -0.1) is 0 Å². The van der Waals surface area contributed by atoms with Crippen molar-refractivity contribution in [3.05, 3.63) is 47.8 Å². The molecule has 0 bridgehead atoms. The summed E-state index contributed by atoms with van der Waals surface area (Å²) in [5.41, 5.74) is 3.58. The second-order valence-corrected chi connectivity index (χ2v) is 9.53. The van der Waals surface area contributed by atoms with Crippen LogP contribution in [-0.2, 0) is 16.6 Å². The molecule has 3 aliphatic rings. The second-order valence-electron chi connectivity index (χ2n) is 9.53. The van der Waals surface area contributed by atoms with Crippen LogP contribution >= 0.6 is 0 Å². The van der Waals surface area contributed by atoms with E-state index in [9.17, 15) is 4.79 Å². The lowest BCUT2D eigenvalue weighted by Gasteiger charge is -2.42. The molecular formula is C25H31N3O. The molecule has 1 aromatic carbocycles. The van der Waals surface area contributed by atoms with Gasteiger partial charge < -0.3 is 4.90 Å². The number of hydrogen-bond acceptors (Lipinski definition) is 3. The maximum atomic E-state index is 13.3. The van der Waals surface area contributed by atoms with Gasteiger partial charge in [0.1, 0.15) is 0 Å². The summed E-state index contributed by atoms with van der Waals surface area (Å²) in [5.74, 6) is 2.24. The van der Waals surface area contributed by atoms with Crippen LogP contribution in [0.2, 0.25) is 0 Å². The Kier molecular flexibility index (Phi) is 4.89. The van der Waals surface area contributed by atoms with E-state index in [-0.39, 0.29) is 11.3 Å². The van der Waals surface area contributed by atoms with Gasteiger partial charge in [0.25, 0.3) is 0 Å². The molecule has 0 N–H and O–H groups in total. The smallest absolute Gasteiger partial charge is 0.225 e. The van der Waals surface area contributed by atoms with E-state index >= 15 is 0 Å². The number of rotatable bonds is 2. The zero-order valence-electron chi connectivity index (χ0n) is 17.4. The van der Waals surface area contributed by atoms with Crippen LogP contribution in [0.25, 0.3) is 11.4 Å². The summed E-state index contributed by atoms with van der Waals surface area (Å²) < 4.78 is 0. The second kappa shape index (κ2) is 7.55. The quantitative estimate of drug-likeness (QED) is 0.743. The summed E-state index contributed by atoms with van der Waals surface area (Å²) in [7, 11) is 0. The van der Waals surface area contributed by atoms with Gasteiger partial charge in [-0.05, 0) is 62.8 Å². The van der Waals surface area contributed by atoms with Crippen molar-refractivity contribution < 1.29 is 4.79 Å². The fraction of sp³-hybridized carbons (Fsp3) is 0.560. The Bertz CT molecular complexity index is 884. The van der Waals surface area contributed by atoms with E-state index < -0.39 is 0 Å². The van der Waals surface area contributed by atoms with Crippen LogP contribution in [0, 0.1) is 11.8 Å². The Hall–Kier alpha value is -2.23. The Labute approximate surface area is 173 Å². The van der Waals surface area contributed by atoms with Crippen LogP contribution in [0.3, 0.4) is 0 Å². The van der Waals surface area contributed by atoms with Gasteiger partial charge in [-0.2, -0.15) is 0 Å². The molecular weight excluding hydrogens is 358 g/mol. The molecule has 2 aliphatic carbocycles. The molecule has 1 saturated heterocycles. The molecule has 0 radical (unpaired) electrons. The molecule has 4 heteroatoms. The fourth-order valence-electron chi connectivity index (χ4n) is 5.75. The van der Waals surface area contributed by atoms with Gasteiger partial charge in [0.2, 0.25) is 5.91 Å². The molecule has 1 saturated carbocycles. The number of carbonyl (C=O) groups excluding carboxylic acids is 1. The van der Waals surface area contributed by atoms with Crippen molar-refractivity contribution in [3.8, 4) is 11.4 Å². The minimum Gasteiger partial charge on any atom is -0.342 e. The van der Waals surface area contributed by atoms with Gasteiger partial charge in [-0.3, -0.25) is 4.79 Å². The Morgan fingerprint density at radius 2 is 1.90 bits per heavy atom. The van der Waals surface area contributed by atoms with Crippen LogP contribution in [0.5, 0.6) is 0 Å². The minimum absolute atomic E-state index is 0.0255. The highest BCUT2D eigenvalue weighted by molar-refractivity contribution is 5.79. The Morgan fingerprint density at radius 1 is 1.10 bits per heavy atom. The van der Waals surface area contributed by atoms with E-state index in [1.54, 1.807) is 0 Å². The maximum Gasteiger partial charge on any atom is 0.225 e. The molecule has 5 rings (SSSR count). The number of likely N-dealkylation sites (tertiary alicyclic amines) is 1. The highest BCUT2D eigenvalue weighted by Crippen LogP contribution is 2.45. The van der Waals surface area contributed by atoms with Gasteiger partial charge in [0.05, 0.1) is 5.69 Å². The van der Waals surface area contributed by atoms with Crippen molar-refractivity contribution in [1.82, 2.24) is 14.9 Å².